The standard InChI is InChI=1S/C66H106O6/c1-5-9-13-17-21-25-29-33-37-41-53-69-63-56-60(66(67)72-62-50-46-59(47-51-62)58-44-48-61(49-45-58)68-52-40-36-32-28-24-20-16-12-8-4)57-64(70-54-42-38-34-30-26-22-18-14-10-6-2)65(63)71-55-43-39-35-31-27-23-19-15-11-7-3/h8,44-51,56-57H,4-7,9-43,52-55H2,1-3H3. The normalized spacial score (nSPS) is 11.2. The quantitative estimate of drug-likeness (QED) is 0.0243. The number of unbranched alkanes of at least 4 members (excludes halogenated alkanes) is 34. The number of hydrogen-bond donors (Lipinski definition) is 0. The molecule has 6 nitrogen and oxygen atoms in total. The Kier molecular flexibility index (Phi) is 38.6. The number of esters is 1. The van der Waals surface area contributed by atoms with Crippen LogP contribution in [0, 0.1) is 0 Å². The number of ether oxygens (including phenoxy) is 5. The summed E-state index contributed by atoms with van der Waals surface area (Å²) >= 11 is 0. The van der Waals surface area contributed by atoms with Crippen LogP contribution in [0.3, 0.4) is 0 Å². The minimum atomic E-state index is -0.443. The maximum absolute atomic E-state index is 14.0. The number of hydrogen-bond acceptors (Lipinski definition) is 6. The molecule has 0 aliphatic rings. The second-order valence-electron chi connectivity index (χ2n) is 20.7. The van der Waals surface area contributed by atoms with Gasteiger partial charge in [0.1, 0.15) is 11.5 Å². The number of allylic oxidation sites excluding steroid dienone is 1. The van der Waals surface area contributed by atoms with Crippen LogP contribution >= 0.6 is 0 Å². The number of rotatable bonds is 50. The third-order valence-electron chi connectivity index (χ3n) is 14.1. The van der Waals surface area contributed by atoms with E-state index in [0.717, 1.165) is 74.8 Å². The van der Waals surface area contributed by atoms with Gasteiger partial charge in [-0.25, -0.2) is 4.79 Å². The Bertz CT molecular complexity index is 1670. The highest BCUT2D eigenvalue weighted by Crippen LogP contribution is 2.40. The molecule has 0 aliphatic heterocycles. The van der Waals surface area contributed by atoms with Crippen molar-refractivity contribution in [2.75, 3.05) is 26.4 Å². The van der Waals surface area contributed by atoms with Gasteiger partial charge in [-0.3, -0.25) is 0 Å². The van der Waals surface area contributed by atoms with E-state index in [1.807, 2.05) is 54.6 Å². The van der Waals surface area contributed by atoms with Crippen molar-refractivity contribution in [3.05, 3.63) is 78.9 Å². The summed E-state index contributed by atoms with van der Waals surface area (Å²) < 4.78 is 31.8. The summed E-state index contributed by atoms with van der Waals surface area (Å²) in [4.78, 5) is 14.0. The van der Waals surface area contributed by atoms with Crippen LogP contribution in [0.2, 0.25) is 0 Å². The summed E-state index contributed by atoms with van der Waals surface area (Å²) in [7, 11) is 0. The van der Waals surface area contributed by atoms with Crippen molar-refractivity contribution in [1.29, 1.82) is 0 Å². The van der Waals surface area contributed by atoms with Crippen LogP contribution in [0.5, 0.6) is 28.7 Å². The molecule has 0 N–H and O–H groups in total. The molecule has 0 heterocycles. The van der Waals surface area contributed by atoms with Crippen LogP contribution in [-0.4, -0.2) is 32.4 Å². The van der Waals surface area contributed by atoms with E-state index in [-0.39, 0.29) is 0 Å². The van der Waals surface area contributed by atoms with E-state index in [1.54, 1.807) is 0 Å². The van der Waals surface area contributed by atoms with E-state index in [2.05, 4.69) is 39.5 Å². The van der Waals surface area contributed by atoms with Crippen molar-refractivity contribution in [3.63, 3.8) is 0 Å². The first-order chi connectivity index (χ1) is 35.6. The zero-order chi connectivity index (χ0) is 51.2. The van der Waals surface area contributed by atoms with Gasteiger partial charge in [0.2, 0.25) is 5.75 Å². The smallest absolute Gasteiger partial charge is 0.343 e. The largest absolute Gasteiger partial charge is 0.494 e. The molecule has 3 rings (SSSR count). The maximum atomic E-state index is 14.0. The molecule has 0 radical (unpaired) electrons. The Morgan fingerprint density at radius 2 is 0.681 bits per heavy atom. The Morgan fingerprint density at radius 3 is 1.04 bits per heavy atom. The molecule has 0 unspecified atom stereocenters. The molecule has 0 spiro atoms. The first-order valence-corrected chi connectivity index (χ1v) is 30.3. The second kappa shape index (κ2) is 44.5. The summed E-state index contributed by atoms with van der Waals surface area (Å²) in [6.45, 7) is 13.1. The molecule has 0 amide bonds. The summed E-state index contributed by atoms with van der Waals surface area (Å²) in [5, 5.41) is 0. The lowest BCUT2D eigenvalue weighted by Gasteiger charge is -2.19. The molecule has 3 aromatic carbocycles. The molecule has 0 fully saturated rings. The van der Waals surface area contributed by atoms with Crippen molar-refractivity contribution in [1.82, 2.24) is 0 Å². The molecular formula is C66H106O6. The number of carbonyl (C=O) groups is 1. The fourth-order valence-electron chi connectivity index (χ4n) is 9.45. The topological polar surface area (TPSA) is 63.2 Å². The first kappa shape index (κ1) is 62.4. The van der Waals surface area contributed by atoms with Crippen LogP contribution < -0.4 is 23.7 Å². The highest BCUT2D eigenvalue weighted by Gasteiger charge is 2.21. The summed E-state index contributed by atoms with van der Waals surface area (Å²) in [6.07, 6.45) is 49.7. The highest BCUT2D eigenvalue weighted by molar-refractivity contribution is 5.92. The summed E-state index contributed by atoms with van der Waals surface area (Å²) in [6, 6.07) is 19.6. The average Bonchev–Trinajstić information content (AvgIpc) is 3.40. The van der Waals surface area contributed by atoms with E-state index in [9.17, 15) is 4.79 Å². The summed E-state index contributed by atoms with van der Waals surface area (Å²) in [5.41, 5.74) is 2.53. The van der Waals surface area contributed by atoms with E-state index in [0.29, 0.717) is 48.4 Å². The lowest BCUT2D eigenvalue weighted by Crippen LogP contribution is -2.12. The fraction of sp³-hybridized carbons (Fsp3) is 0.682. The molecule has 0 bridgehead atoms. The van der Waals surface area contributed by atoms with Crippen molar-refractivity contribution in [2.45, 2.75) is 265 Å². The monoisotopic (exact) mass is 995 g/mol. The predicted molar refractivity (Wildman–Crippen MR) is 308 cm³/mol. The number of benzene rings is 3. The molecule has 72 heavy (non-hydrogen) atoms. The van der Waals surface area contributed by atoms with Crippen LogP contribution in [0.4, 0.5) is 0 Å². The van der Waals surface area contributed by atoms with Gasteiger partial charge >= 0.3 is 5.97 Å². The van der Waals surface area contributed by atoms with E-state index < -0.39 is 5.97 Å². The van der Waals surface area contributed by atoms with Crippen molar-refractivity contribution in [3.8, 4) is 39.9 Å². The molecule has 0 atom stereocenters. The van der Waals surface area contributed by atoms with Crippen LogP contribution in [0.25, 0.3) is 11.1 Å². The molecule has 0 aromatic heterocycles. The SMILES string of the molecule is C=CCCCCCCCCCOc1ccc(-c2ccc(OC(=O)c3cc(OCCCCCCCCCCCC)c(OCCCCCCCCCCCC)c(OCCCCCCCCCCCC)c3)cc2)cc1. The molecule has 0 aliphatic carbocycles. The van der Waals surface area contributed by atoms with Gasteiger partial charge in [-0.2, -0.15) is 0 Å². The van der Waals surface area contributed by atoms with Gasteiger partial charge in [0.25, 0.3) is 0 Å². The molecule has 3 aromatic rings. The average molecular weight is 996 g/mol. The first-order valence-electron chi connectivity index (χ1n) is 30.3. The Hall–Kier alpha value is -3.93. The maximum Gasteiger partial charge on any atom is 0.343 e. The fourth-order valence-corrected chi connectivity index (χ4v) is 9.45. The van der Waals surface area contributed by atoms with Gasteiger partial charge in [-0.05, 0) is 86.1 Å². The zero-order valence-electron chi connectivity index (χ0n) is 46.7. The Morgan fingerprint density at radius 1 is 0.375 bits per heavy atom. The van der Waals surface area contributed by atoms with Crippen LogP contribution in [0.15, 0.2) is 73.3 Å². The van der Waals surface area contributed by atoms with Crippen molar-refractivity contribution < 1.29 is 28.5 Å². The van der Waals surface area contributed by atoms with E-state index in [4.69, 9.17) is 23.7 Å². The van der Waals surface area contributed by atoms with Crippen molar-refractivity contribution >= 4 is 5.97 Å². The lowest BCUT2D eigenvalue weighted by molar-refractivity contribution is 0.0733. The minimum Gasteiger partial charge on any atom is -0.494 e. The second-order valence-corrected chi connectivity index (χ2v) is 20.7. The number of carbonyl (C=O) groups excluding carboxylic acids is 1. The molecule has 6 heteroatoms. The molecule has 0 saturated carbocycles. The summed E-state index contributed by atoms with van der Waals surface area (Å²) in [5.74, 6) is 2.69. The van der Waals surface area contributed by atoms with Gasteiger partial charge in [-0.1, -0.05) is 257 Å². The molecular weight excluding hydrogens is 889 g/mol. The van der Waals surface area contributed by atoms with Crippen LogP contribution in [-0.2, 0) is 0 Å². The van der Waals surface area contributed by atoms with Gasteiger partial charge < -0.3 is 23.7 Å². The van der Waals surface area contributed by atoms with E-state index >= 15 is 0 Å². The van der Waals surface area contributed by atoms with Crippen LogP contribution in [0.1, 0.15) is 275 Å². The Balaban J connectivity index is 1.65. The lowest BCUT2D eigenvalue weighted by atomic mass is 10.1. The highest BCUT2D eigenvalue weighted by atomic mass is 16.5. The van der Waals surface area contributed by atoms with Crippen molar-refractivity contribution in [2.24, 2.45) is 0 Å². The molecule has 406 valence electrons. The van der Waals surface area contributed by atoms with Gasteiger partial charge in [0.05, 0.1) is 32.0 Å². The predicted octanol–water partition coefficient (Wildman–Crippen LogP) is 21.2. The van der Waals surface area contributed by atoms with Gasteiger partial charge in [0, 0.05) is 0 Å². The minimum absolute atomic E-state index is 0.399. The van der Waals surface area contributed by atoms with Gasteiger partial charge in [-0.15, -0.1) is 6.58 Å². The third-order valence-corrected chi connectivity index (χ3v) is 14.1. The van der Waals surface area contributed by atoms with E-state index in [1.165, 1.54) is 193 Å². The third kappa shape index (κ3) is 31.0. The van der Waals surface area contributed by atoms with Gasteiger partial charge in [0.15, 0.2) is 11.5 Å². The zero-order valence-corrected chi connectivity index (χ0v) is 46.7. The Labute approximate surface area is 442 Å². The molecule has 0 saturated heterocycles.